The Hall–Kier alpha value is -2.25. The van der Waals surface area contributed by atoms with Crippen LogP contribution in [0.4, 0.5) is 0 Å². The van der Waals surface area contributed by atoms with Gasteiger partial charge in [-0.15, -0.1) is 0 Å². The summed E-state index contributed by atoms with van der Waals surface area (Å²) in [5, 5.41) is 0.400. The molecule has 2 aromatic carbocycles. The first-order valence-corrected chi connectivity index (χ1v) is 7.98. The number of carbonyl (C=O) groups is 2. The molecule has 8 heteroatoms. The summed E-state index contributed by atoms with van der Waals surface area (Å²) in [5.74, 6) is 0.00347. The zero-order chi connectivity index (χ0) is 17.5. The third-order valence-corrected chi connectivity index (χ3v) is 3.86. The maximum absolute atomic E-state index is 12.0. The fraction of sp³-hybridized carbons (Fsp3) is 0.125. The van der Waals surface area contributed by atoms with Crippen LogP contribution in [0.1, 0.15) is 10.4 Å². The van der Waals surface area contributed by atoms with Crippen LogP contribution < -0.4 is 20.3 Å². The average Bonchev–Trinajstić information content (AvgIpc) is 2.58. The maximum atomic E-state index is 12.0. The van der Waals surface area contributed by atoms with Gasteiger partial charge in [0.15, 0.2) is 6.61 Å². The van der Waals surface area contributed by atoms with Crippen molar-refractivity contribution in [2.45, 2.75) is 0 Å². The molecule has 0 bridgehead atoms. The molecule has 0 saturated carbocycles. The maximum Gasteiger partial charge on any atom is 0.276 e. The van der Waals surface area contributed by atoms with Gasteiger partial charge in [0.25, 0.3) is 11.8 Å². The lowest BCUT2D eigenvalue weighted by molar-refractivity contribution is -0.123. The molecule has 0 unspecified atom stereocenters. The highest BCUT2D eigenvalue weighted by molar-refractivity contribution is 9.10. The Morgan fingerprint density at radius 1 is 1.12 bits per heavy atom. The smallest absolute Gasteiger partial charge is 0.276 e. The first-order chi connectivity index (χ1) is 11.5. The van der Waals surface area contributed by atoms with Crippen molar-refractivity contribution >= 4 is 39.3 Å². The molecule has 0 saturated heterocycles. The van der Waals surface area contributed by atoms with Crippen LogP contribution in [0.2, 0.25) is 5.02 Å². The molecule has 2 rings (SSSR count). The van der Waals surface area contributed by atoms with Crippen LogP contribution in [0.25, 0.3) is 0 Å². The molecule has 2 N–H and O–H groups in total. The monoisotopic (exact) mass is 412 g/mol. The molecule has 0 radical (unpaired) electrons. The van der Waals surface area contributed by atoms with Crippen molar-refractivity contribution in [3.8, 4) is 11.5 Å². The van der Waals surface area contributed by atoms with Crippen molar-refractivity contribution in [3.05, 3.63) is 57.5 Å². The molecule has 0 aliphatic heterocycles. The molecule has 2 aromatic rings. The number of amides is 2. The lowest BCUT2D eigenvalue weighted by Gasteiger charge is -2.10. The van der Waals surface area contributed by atoms with Gasteiger partial charge in [-0.05, 0) is 46.3 Å². The summed E-state index contributed by atoms with van der Waals surface area (Å²) in [6.07, 6.45) is 0. The van der Waals surface area contributed by atoms with E-state index in [-0.39, 0.29) is 6.61 Å². The zero-order valence-corrected chi connectivity index (χ0v) is 15.0. The standard InChI is InChI=1S/C16H14BrClN2O4/c1-23-13-7-6-10(8-11(13)17)16(22)20-19-15(21)9-24-14-5-3-2-4-12(14)18/h2-8H,9H2,1H3,(H,19,21)(H,20,22). The lowest BCUT2D eigenvalue weighted by atomic mass is 10.2. The van der Waals surface area contributed by atoms with E-state index in [0.29, 0.717) is 26.6 Å². The predicted molar refractivity (Wildman–Crippen MR) is 93.2 cm³/mol. The molecule has 0 fully saturated rings. The van der Waals surface area contributed by atoms with E-state index in [4.69, 9.17) is 21.1 Å². The highest BCUT2D eigenvalue weighted by atomic mass is 79.9. The van der Waals surface area contributed by atoms with Crippen LogP contribution >= 0.6 is 27.5 Å². The number of halogens is 2. The van der Waals surface area contributed by atoms with Gasteiger partial charge in [-0.25, -0.2) is 0 Å². The van der Waals surface area contributed by atoms with Crippen LogP contribution in [-0.2, 0) is 4.79 Å². The van der Waals surface area contributed by atoms with E-state index in [1.54, 1.807) is 42.5 Å². The summed E-state index contributed by atoms with van der Waals surface area (Å²) in [4.78, 5) is 23.7. The second-order valence-electron chi connectivity index (χ2n) is 4.57. The van der Waals surface area contributed by atoms with Crippen molar-refractivity contribution in [2.75, 3.05) is 13.7 Å². The Morgan fingerprint density at radius 3 is 2.54 bits per heavy atom. The van der Waals surface area contributed by atoms with Gasteiger partial charge in [-0.2, -0.15) is 0 Å². The quantitative estimate of drug-likeness (QED) is 0.739. The third-order valence-electron chi connectivity index (χ3n) is 2.92. The fourth-order valence-corrected chi connectivity index (χ4v) is 2.48. The van der Waals surface area contributed by atoms with Crippen molar-refractivity contribution in [2.24, 2.45) is 0 Å². The number of hydrogen-bond donors (Lipinski definition) is 2. The van der Waals surface area contributed by atoms with Crippen molar-refractivity contribution in [3.63, 3.8) is 0 Å². The normalized spacial score (nSPS) is 9.96. The molecular formula is C16H14BrClN2O4. The summed E-state index contributed by atoms with van der Waals surface area (Å²) in [6, 6.07) is 11.6. The molecule has 0 aliphatic carbocycles. The van der Waals surface area contributed by atoms with Gasteiger partial charge in [-0.3, -0.25) is 20.4 Å². The number of para-hydroxylation sites is 1. The number of ether oxygens (including phenoxy) is 2. The predicted octanol–water partition coefficient (Wildman–Crippen LogP) is 2.95. The molecule has 0 aromatic heterocycles. The van der Waals surface area contributed by atoms with Gasteiger partial charge < -0.3 is 9.47 Å². The minimum absolute atomic E-state index is 0.281. The van der Waals surface area contributed by atoms with E-state index in [1.165, 1.54) is 7.11 Å². The average molecular weight is 414 g/mol. The molecule has 2 amide bonds. The Bertz CT molecular complexity index is 755. The Balaban J connectivity index is 1.84. The van der Waals surface area contributed by atoms with E-state index in [9.17, 15) is 9.59 Å². The van der Waals surface area contributed by atoms with Gasteiger partial charge in [0, 0.05) is 5.56 Å². The number of hydrogen-bond acceptors (Lipinski definition) is 4. The zero-order valence-electron chi connectivity index (χ0n) is 12.6. The second-order valence-corrected chi connectivity index (χ2v) is 5.83. The molecule has 0 spiro atoms. The van der Waals surface area contributed by atoms with Gasteiger partial charge in [0.1, 0.15) is 11.5 Å². The number of nitrogens with one attached hydrogen (secondary N) is 2. The van der Waals surface area contributed by atoms with Crippen molar-refractivity contribution in [1.82, 2.24) is 10.9 Å². The number of hydrazine groups is 1. The largest absolute Gasteiger partial charge is 0.496 e. The van der Waals surface area contributed by atoms with Gasteiger partial charge in [-0.1, -0.05) is 23.7 Å². The summed E-state index contributed by atoms with van der Waals surface area (Å²) < 4.78 is 11.0. The molecule has 0 atom stereocenters. The van der Waals surface area contributed by atoms with Gasteiger partial charge in [0.2, 0.25) is 0 Å². The molecular weight excluding hydrogens is 400 g/mol. The van der Waals surface area contributed by atoms with Gasteiger partial charge >= 0.3 is 0 Å². The minimum atomic E-state index is -0.518. The lowest BCUT2D eigenvalue weighted by Crippen LogP contribution is -2.43. The highest BCUT2D eigenvalue weighted by Gasteiger charge is 2.11. The molecule has 126 valence electrons. The van der Waals surface area contributed by atoms with Crippen LogP contribution in [0.5, 0.6) is 11.5 Å². The van der Waals surface area contributed by atoms with E-state index in [1.807, 2.05) is 0 Å². The van der Waals surface area contributed by atoms with Crippen molar-refractivity contribution in [1.29, 1.82) is 0 Å². The molecule has 0 heterocycles. The molecule has 24 heavy (non-hydrogen) atoms. The third kappa shape index (κ3) is 4.87. The number of carbonyl (C=O) groups excluding carboxylic acids is 2. The number of benzene rings is 2. The van der Waals surface area contributed by atoms with E-state index >= 15 is 0 Å². The van der Waals surface area contributed by atoms with Gasteiger partial charge in [0.05, 0.1) is 16.6 Å². The van der Waals surface area contributed by atoms with Crippen LogP contribution in [-0.4, -0.2) is 25.5 Å². The number of rotatable bonds is 5. The summed E-state index contributed by atoms with van der Waals surface area (Å²) in [7, 11) is 1.53. The summed E-state index contributed by atoms with van der Waals surface area (Å²) >= 11 is 9.20. The minimum Gasteiger partial charge on any atom is -0.496 e. The van der Waals surface area contributed by atoms with Crippen LogP contribution in [0, 0.1) is 0 Å². The SMILES string of the molecule is COc1ccc(C(=O)NNC(=O)COc2ccccc2Cl)cc1Br. The van der Waals surface area contributed by atoms with Crippen LogP contribution in [0.3, 0.4) is 0 Å². The first-order valence-electron chi connectivity index (χ1n) is 6.81. The van der Waals surface area contributed by atoms with Crippen LogP contribution in [0.15, 0.2) is 46.9 Å². The summed E-state index contributed by atoms with van der Waals surface area (Å²) in [6.45, 7) is -0.281. The second kappa shape index (κ2) is 8.56. The summed E-state index contributed by atoms with van der Waals surface area (Å²) in [5.41, 5.74) is 4.92. The van der Waals surface area contributed by atoms with E-state index < -0.39 is 11.8 Å². The molecule has 0 aliphatic rings. The Labute approximate surface area is 152 Å². The topological polar surface area (TPSA) is 76.7 Å². The fourth-order valence-electron chi connectivity index (χ4n) is 1.75. The van der Waals surface area contributed by atoms with E-state index in [2.05, 4.69) is 26.8 Å². The Morgan fingerprint density at radius 2 is 1.88 bits per heavy atom. The highest BCUT2D eigenvalue weighted by Crippen LogP contribution is 2.25. The molecule has 6 nitrogen and oxygen atoms in total. The Kier molecular flexibility index (Phi) is 6.45. The van der Waals surface area contributed by atoms with Crippen molar-refractivity contribution < 1.29 is 19.1 Å². The first kappa shape index (κ1) is 18.1. The number of methoxy groups -OCH3 is 1. The van der Waals surface area contributed by atoms with E-state index in [0.717, 1.165) is 0 Å².